The lowest BCUT2D eigenvalue weighted by Gasteiger charge is -2.17. The van der Waals surface area contributed by atoms with Crippen molar-refractivity contribution in [3.8, 4) is 0 Å². The third-order valence-corrected chi connectivity index (χ3v) is 5.00. The predicted molar refractivity (Wildman–Crippen MR) is 130 cm³/mol. The summed E-state index contributed by atoms with van der Waals surface area (Å²) >= 11 is 0. The number of nitrogens with zero attached hydrogens (tertiary/aromatic N) is 1. The largest absolute Gasteiger partial charge is 0.459 e. The molecule has 1 amide bonds. The smallest absolute Gasteiger partial charge is 0.291 e. The topological polar surface area (TPSA) is 113 Å². The van der Waals surface area contributed by atoms with Gasteiger partial charge in [0.15, 0.2) is 11.7 Å². The first-order valence-electron chi connectivity index (χ1n) is 9.43. The van der Waals surface area contributed by atoms with Crippen LogP contribution >= 0.6 is 24.0 Å². The molecule has 1 heterocycles. The average Bonchev–Trinajstić information content (AvgIpc) is 3.20. The van der Waals surface area contributed by atoms with E-state index in [-0.39, 0.29) is 47.4 Å². The van der Waals surface area contributed by atoms with Crippen LogP contribution in [0.5, 0.6) is 0 Å². The van der Waals surface area contributed by atoms with Gasteiger partial charge in [-0.25, -0.2) is 13.4 Å². The Morgan fingerprint density at radius 1 is 1.20 bits per heavy atom. The molecule has 166 valence electrons. The average molecular weight is 548 g/mol. The van der Waals surface area contributed by atoms with Gasteiger partial charge in [-0.3, -0.25) is 4.79 Å². The number of amides is 1. The van der Waals surface area contributed by atoms with Crippen molar-refractivity contribution in [1.29, 1.82) is 0 Å². The number of aliphatic imine (C=N–C) groups is 1. The number of rotatable bonds is 9. The number of benzene rings is 1. The number of halogens is 1. The van der Waals surface area contributed by atoms with Gasteiger partial charge >= 0.3 is 0 Å². The Morgan fingerprint density at radius 3 is 2.47 bits per heavy atom. The summed E-state index contributed by atoms with van der Waals surface area (Å²) in [5.41, 5.74) is 1.64. The fourth-order valence-corrected chi connectivity index (χ4v) is 3.26. The van der Waals surface area contributed by atoms with Crippen molar-refractivity contribution in [3.63, 3.8) is 0 Å². The van der Waals surface area contributed by atoms with E-state index in [1.165, 1.54) is 12.5 Å². The molecule has 1 unspecified atom stereocenters. The third-order valence-electron chi connectivity index (χ3n) is 4.03. The molecule has 0 bridgehead atoms. The molecule has 1 aromatic carbocycles. The molecule has 0 radical (unpaired) electrons. The Bertz CT molecular complexity index is 913. The molecule has 30 heavy (non-hydrogen) atoms. The fourth-order valence-electron chi connectivity index (χ4n) is 2.48. The van der Waals surface area contributed by atoms with Gasteiger partial charge in [-0.15, -0.1) is 24.0 Å². The number of carbonyl (C=O) groups excluding carboxylic acids is 1. The molecule has 2 aromatic rings. The maximum Gasteiger partial charge on any atom is 0.291 e. The first-order valence-corrected chi connectivity index (χ1v) is 11.5. The molecule has 3 N–H and O–H groups in total. The highest BCUT2D eigenvalue weighted by atomic mass is 127. The molecule has 0 fully saturated rings. The van der Waals surface area contributed by atoms with Crippen LogP contribution < -0.4 is 16.0 Å². The highest BCUT2D eigenvalue weighted by Crippen LogP contribution is 2.12. The second-order valence-corrected chi connectivity index (χ2v) is 9.05. The summed E-state index contributed by atoms with van der Waals surface area (Å²) < 4.78 is 27.7. The van der Waals surface area contributed by atoms with Crippen LogP contribution in [-0.4, -0.2) is 44.9 Å². The minimum Gasteiger partial charge on any atom is -0.459 e. The number of hydrogen-bond donors (Lipinski definition) is 3. The Morgan fingerprint density at radius 2 is 1.90 bits per heavy atom. The standard InChI is InChI=1S/C20H28N4O4S.HI/c1-4-21-20(23-15(2)11-13-29(3,26)27)22-14-16-7-9-17(10-8-16)24-19(25)18-6-5-12-28-18;/h5-10,12,15H,4,11,13-14H2,1-3H3,(H,24,25)(H2,21,22,23);1H. The predicted octanol–water partition coefficient (Wildman–Crippen LogP) is 3.03. The molecular weight excluding hydrogens is 519 g/mol. The number of anilines is 1. The summed E-state index contributed by atoms with van der Waals surface area (Å²) in [6.07, 6.45) is 3.20. The zero-order valence-electron chi connectivity index (χ0n) is 17.3. The van der Waals surface area contributed by atoms with Crippen molar-refractivity contribution in [1.82, 2.24) is 10.6 Å². The van der Waals surface area contributed by atoms with E-state index >= 15 is 0 Å². The lowest BCUT2D eigenvalue weighted by Crippen LogP contribution is -2.42. The van der Waals surface area contributed by atoms with E-state index < -0.39 is 9.84 Å². The molecule has 0 aliphatic heterocycles. The molecule has 2 rings (SSSR count). The van der Waals surface area contributed by atoms with Crippen molar-refractivity contribution >= 4 is 51.4 Å². The number of sulfone groups is 1. The third kappa shape index (κ3) is 9.61. The van der Waals surface area contributed by atoms with Gasteiger partial charge in [0.25, 0.3) is 5.91 Å². The molecule has 8 nitrogen and oxygen atoms in total. The summed E-state index contributed by atoms with van der Waals surface area (Å²) in [6.45, 7) is 5.03. The van der Waals surface area contributed by atoms with Crippen LogP contribution in [0.4, 0.5) is 5.69 Å². The Hall–Kier alpha value is -2.08. The van der Waals surface area contributed by atoms with Gasteiger partial charge < -0.3 is 20.4 Å². The number of carbonyl (C=O) groups is 1. The van der Waals surface area contributed by atoms with Crippen LogP contribution in [-0.2, 0) is 16.4 Å². The van der Waals surface area contributed by atoms with Gasteiger partial charge in [0.05, 0.1) is 18.6 Å². The SMILES string of the molecule is CCNC(=NCc1ccc(NC(=O)c2ccco2)cc1)NC(C)CCS(C)(=O)=O.I. The van der Waals surface area contributed by atoms with Crippen molar-refractivity contribution < 1.29 is 17.6 Å². The summed E-state index contributed by atoms with van der Waals surface area (Å²) in [6, 6.07) is 10.6. The second-order valence-electron chi connectivity index (χ2n) is 6.79. The summed E-state index contributed by atoms with van der Waals surface area (Å²) in [4.78, 5) is 16.5. The Balaban J connectivity index is 0.00000450. The van der Waals surface area contributed by atoms with Gasteiger partial charge in [-0.05, 0) is 50.1 Å². The van der Waals surface area contributed by atoms with E-state index in [1.807, 2.05) is 26.0 Å². The minimum atomic E-state index is -2.99. The number of hydrogen-bond acceptors (Lipinski definition) is 5. The molecule has 0 aliphatic carbocycles. The van der Waals surface area contributed by atoms with Crippen LogP contribution in [0.1, 0.15) is 36.4 Å². The molecule has 1 atom stereocenters. The van der Waals surface area contributed by atoms with Crippen LogP contribution in [0, 0.1) is 0 Å². The first-order chi connectivity index (χ1) is 13.8. The quantitative estimate of drug-likeness (QED) is 0.252. The van der Waals surface area contributed by atoms with Gasteiger partial charge in [0.1, 0.15) is 9.84 Å². The van der Waals surface area contributed by atoms with Crippen molar-refractivity contribution in [2.75, 3.05) is 23.9 Å². The summed E-state index contributed by atoms with van der Waals surface area (Å²) in [5.74, 6) is 0.711. The summed E-state index contributed by atoms with van der Waals surface area (Å²) in [7, 11) is -2.99. The Kier molecular flexibility index (Phi) is 10.9. The maximum atomic E-state index is 12.0. The number of guanidine groups is 1. The second kappa shape index (κ2) is 12.6. The highest BCUT2D eigenvalue weighted by molar-refractivity contribution is 14.0. The van der Waals surface area contributed by atoms with E-state index in [1.54, 1.807) is 24.3 Å². The number of nitrogens with one attached hydrogen (secondary N) is 3. The van der Waals surface area contributed by atoms with E-state index in [4.69, 9.17) is 4.42 Å². The van der Waals surface area contributed by atoms with Gasteiger partial charge in [0, 0.05) is 24.5 Å². The van der Waals surface area contributed by atoms with Crippen LogP contribution in [0.3, 0.4) is 0 Å². The van der Waals surface area contributed by atoms with E-state index in [9.17, 15) is 13.2 Å². The molecule has 0 saturated carbocycles. The monoisotopic (exact) mass is 548 g/mol. The van der Waals surface area contributed by atoms with Gasteiger partial charge in [-0.2, -0.15) is 0 Å². The summed E-state index contributed by atoms with van der Waals surface area (Å²) in [5, 5.41) is 9.14. The molecular formula is C20H29IN4O4S. The van der Waals surface area contributed by atoms with Crippen molar-refractivity contribution in [3.05, 3.63) is 54.0 Å². The molecule has 0 aliphatic rings. The fraction of sp³-hybridized carbons (Fsp3) is 0.400. The molecule has 0 saturated heterocycles. The van der Waals surface area contributed by atoms with Gasteiger partial charge in [-0.1, -0.05) is 12.1 Å². The van der Waals surface area contributed by atoms with Crippen molar-refractivity contribution in [2.24, 2.45) is 4.99 Å². The number of furan rings is 1. The maximum absolute atomic E-state index is 12.0. The van der Waals surface area contributed by atoms with Crippen LogP contribution in [0.25, 0.3) is 0 Å². The van der Waals surface area contributed by atoms with E-state index in [0.717, 1.165) is 5.56 Å². The zero-order chi connectivity index (χ0) is 21.3. The minimum absolute atomic E-state index is 0. The zero-order valence-corrected chi connectivity index (χ0v) is 20.5. The Labute approximate surface area is 194 Å². The lowest BCUT2D eigenvalue weighted by atomic mass is 10.2. The van der Waals surface area contributed by atoms with E-state index in [2.05, 4.69) is 20.9 Å². The van der Waals surface area contributed by atoms with Gasteiger partial charge in [0.2, 0.25) is 0 Å². The lowest BCUT2D eigenvalue weighted by molar-refractivity contribution is 0.0996. The van der Waals surface area contributed by atoms with E-state index in [0.29, 0.717) is 31.2 Å². The van der Waals surface area contributed by atoms with Crippen LogP contribution in [0.15, 0.2) is 52.1 Å². The van der Waals surface area contributed by atoms with Crippen molar-refractivity contribution in [2.45, 2.75) is 32.9 Å². The first kappa shape index (κ1) is 26.0. The molecule has 1 aromatic heterocycles. The van der Waals surface area contributed by atoms with Crippen LogP contribution in [0.2, 0.25) is 0 Å². The molecule has 10 heteroatoms. The highest BCUT2D eigenvalue weighted by Gasteiger charge is 2.10. The molecule has 0 spiro atoms. The normalized spacial score (nSPS) is 12.6.